The van der Waals surface area contributed by atoms with Crippen molar-refractivity contribution in [3.8, 4) is 33.6 Å². The number of amides is 1. The number of imidazole rings is 2. The quantitative estimate of drug-likeness (QED) is 0.119. The predicted molar refractivity (Wildman–Crippen MR) is 204 cm³/mol. The number of rotatable bonds is 12. The lowest BCUT2D eigenvalue weighted by Crippen LogP contribution is -2.45. The first-order valence-electron chi connectivity index (χ1n) is 18.9. The maximum absolute atomic E-state index is 13.8. The fourth-order valence-electron chi connectivity index (χ4n) is 7.82. The molecule has 1 unspecified atom stereocenters. The molecule has 1 saturated carbocycles. The van der Waals surface area contributed by atoms with Gasteiger partial charge < -0.3 is 20.2 Å². The molecule has 7 rings (SSSR count). The van der Waals surface area contributed by atoms with Crippen LogP contribution in [0.2, 0.25) is 0 Å². The van der Waals surface area contributed by atoms with E-state index in [0.29, 0.717) is 24.2 Å². The van der Waals surface area contributed by atoms with E-state index in [-0.39, 0.29) is 35.6 Å². The number of carbonyl (C=O) groups is 2. The Kier molecular flexibility index (Phi) is 10.3. The number of ketones is 1. The highest BCUT2D eigenvalue weighted by molar-refractivity contribution is 5.85. The molecule has 10 nitrogen and oxygen atoms in total. The number of hydrogen-bond acceptors (Lipinski definition) is 7. The van der Waals surface area contributed by atoms with Crippen LogP contribution in [-0.2, 0) is 9.59 Å². The van der Waals surface area contributed by atoms with Crippen molar-refractivity contribution >= 4 is 17.6 Å². The maximum atomic E-state index is 13.8. The van der Waals surface area contributed by atoms with Gasteiger partial charge in [0.1, 0.15) is 23.5 Å². The zero-order valence-corrected chi connectivity index (χ0v) is 30.8. The molecule has 1 aliphatic carbocycles. The summed E-state index contributed by atoms with van der Waals surface area (Å²) in [7, 11) is 0. The topological polar surface area (TPSA) is 133 Å². The summed E-state index contributed by atoms with van der Waals surface area (Å²) in [4.78, 5) is 54.1. The molecule has 2 aromatic carbocycles. The third-order valence-corrected chi connectivity index (χ3v) is 11.2. The summed E-state index contributed by atoms with van der Waals surface area (Å²) < 4.78 is 0. The molecule has 4 heterocycles. The van der Waals surface area contributed by atoms with Gasteiger partial charge >= 0.3 is 0 Å². The van der Waals surface area contributed by atoms with Crippen LogP contribution in [-0.4, -0.2) is 59.1 Å². The van der Waals surface area contributed by atoms with Crippen LogP contribution in [0.3, 0.4) is 0 Å². The summed E-state index contributed by atoms with van der Waals surface area (Å²) in [5, 5.41) is 3.25. The Labute approximate surface area is 306 Å². The number of likely N-dealkylation sites (tertiary alicyclic amines) is 1. The molecule has 5 atom stereocenters. The highest BCUT2D eigenvalue weighted by Crippen LogP contribution is 2.41. The minimum Gasteiger partial charge on any atom is -0.342 e. The van der Waals surface area contributed by atoms with E-state index < -0.39 is 6.04 Å². The van der Waals surface area contributed by atoms with E-state index in [1.807, 2.05) is 31.1 Å². The number of carbonyl (C=O) groups excluding carboxylic acids is 2. The number of anilines is 1. The van der Waals surface area contributed by atoms with Gasteiger partial charge in [-0.2, -0.15) is 0 Å². The van der Waals surface area contributed by atoms with Crippen molar-refractivity contribution in [1.82, 2.24) is 34.8 Å². The molecule has 3 aromatic heterocycles. The average molecular weight is 699 g/mol. The summed E-state index contributed by atoms with van der Waals surface area (Å²) in [5.41, 5.74) is 6.25. The van der Waals surface area contributed by atoms with Gasteiger partial charge in [-0.15, -0.1) is 0 Å². The van der Waals surface area contributed by atoms with Crippen molar-refractivity contribution in [3.63, 3.8) is 0 Å². The summed E-state index contributed by atoms with van der Waals surface area (Å²) >= 11 is 0. The van der Waals surface area contributed by atoms with Crippen LogP contribution in [0.5, 0.6) is 0 Å². The van der Waals surface area contributed by atoms with Crippen molar-refractivity contribution in [2.45, 2.75) is 84.7 Å². The first-order chi connectivity index (χ1) is 25.2. The van der Waals surface area contributed by atoms with Crippen molar-refractivity contribution < 1.29 is 9.59 Å². The summed E-state index contributed by atoms with van der Waals surface area (Å²) in [6, 6.07) is 18.2. The first-order valence-corrected chi connectivity index (χ1v) is 18.9. The van der Waals surface area contributed by atoms with Gasteiger partial charge in [-0.05, 0) is 65.8 Å². The SMILES string of the molecule is CC(C)[C@H](C)C(=O)C1CCC[C@H]1c1ncc(-c2ccc(-c3ccc(-c4cnc([C@@H]5CCCN5C(=O)[C@@H](Nc5ncccn5)C(C)C)[nH]4)cc3)cc2)[nH]1. The van der Waals surface area contributed by atoms with Gasteiger partial charge in [0, 0.05) is 36.7 Å². The number of aromatic amines is 2. The smallest absolute Gasteiger partial charge is 0.246 e. The summed E-state index contributed by atoms with van der Waals surface area (Å²) in [6.45, 7) is 11.1. The van der Waals surface area contributed by atoms with Crippen LogP contribution >= 0.6 is 0 Å². The van der Waals surface area contributed by atoms with Crippen molar-refractivity contribution in [1.29, 1.82) is 0 Å². The Morgan fingerprint density at radius 2 is 1.29 bits per heavy atom. The van der Waals surface area contributed by atoms with Crippen LogP contribution in [0.25, 0.3) is 33.6 Å². The van der Waals surface area contributed by atoms with Gasteiger partial charge in [0.05, 0.1) is 29.8 Å². The lowest BCUT2D eigenvalue weighted by atomic mass is 9.81. The van der Waals surface area contributed by atoms with E-state index in [1.54, 1.807) is 18.5 Å². The van der Waals surface area contributed by atoms with Gasteiger partial charge in [-0.1, -0.05) is 89.6 Å². The third kappa shape index (κ3) is 7.29. The molecule has 1 saturated heterocycles. The number of aromatic nitrogens is 6. The second-order valence-electron chi connectivity index (χ2n) is 15.2. The molecule has 0 radical (unpaired) electrons. The monoisotopic (exact) mass is 698 g/mol. The Morgan fingerprint density at radius 1 is 0.712 bits per heavy atom. The summed E-state index contributed by atoms with van der Waals surface area (Å²) in [5.74, 6) is 3.32. The lowest BCUT2D eigenvalue weighted by Gasteiger charge is -2.30. The highest BCUT2D eigenvalue weighted by atomic mass is 16.2. The number of nitrogens with zero attached hydrogens (tertiary/aromatic N) is 5. The Bertz CT molecular complexity index is 1960. The molecule has 2 aliphatic rings. The number of benzene rings is 2. The van der Waals surface area contributed by atoms with Gasteiger partial charge in [0.2, 0.25) is 11.9 Å². The van der Waals surface area contributed by atoms with E-state index in [2.05, 4.69) is 94.6 Å². The minimum atomic E-state index is -0.434. The van der Waals surface area contributed by atoms with Gasteiger partial charge in [0.25, 0.3) is 0 Å². The van der Waals surface area contributed by atoms with Crippen LogP contribution in [0.15, 0.2) is 79.4 Å². The van der Waals surface area contributed by atoms with Crippen LogP contribution in [0, 0.1) is 23.7 Å². The predicted octanol–water partition coefficient (Wildman–Crippen LogP) is 8.47. The molecule has 0 bridgehead atoms. The standard InChI is InChI=1S/C42H50N8O2/c1-25(2)27(5)38(51)32-9-6-10-33(32)39-45-23-34(47-39)30-16-12-28(13-17-30)29-14-18-31(19-15-29)35-24-46-40(48-35)36-11-7-22-50(36)41(52)37(26(3)4)49-42-43-20-8-21-44-42/h8,12-21,23-27,32-33,36-37H,6-7,9-11,22H2,1-5H3,(H,45,47)(H,46,48)(H,43,44,49)/t27-,32?,33+,36-,37-/m0/s1. The van der Waals surface area contributed by atoms with Gasteiger partial charge in [0.15, 0.2) is 0 Å². The first kappa shape index (κ1) is 35.3. The van der Waals surface area contributed by atoms with E-state index in [0.717, 1.165) is 77.4 Å². The fraction of sp³-hybridized carbons (Fsp3) is 0.429. The summed E-state index contributed by atoms with van der Waals surface area (Å²) in [6.07, 6.45) is 11.9. The van der Waals surface area contributed by atoms with E-state index in [9.17, 15) is 9.59 Å². The molecule has 1 amide bonds. The number of nitrogens with one attached hydrogen (secondary N) is 3. The van der Waals surface area contributed by atoms with E-state index in [1.165, 1.54) is 0 Å². The Hall–Kier alpha value is -5.12. The van der Waals surface area contributed by atoms with Crippen LogP contribution in [0.4, 0.5) is 5.95 Å². The molecule has 3 N–H and O–H groups in total. The molecule has 10 heteroatoms. The Morgan fingerprint density at radius 3 is 1.88 bits per heavy atom. The van der Waals surface area contributed by atoms with Crippen LogP contribution in [0.1, 0.15) is 90.3 Å². The van der Waals surface area contributed by atoms with Crippen molar-refractivity contribution in [3.05, 3.63) is 91.0 Å². The maximum Gasteiger partial charge on any atom is 0.246 e. The minimum absolute atomic E-state index is 0.0388. The largest absolute Gasteiger partial charge is 0.342 e. The second-order valence-corrected chi connectivity index (χ2v) is 15.2. The molecule has 52 heavy (non-hydrogen) atoms. The number of H-pyrrole nitrogens is 2. The van der Waals surface area contributed by atoms with Gasteiger partial charge in [-0.3, -0.25) is 9.59 Å². The zero-order valence-electron chi connectivity index (χ0n) is 30.8. The van der Waals surface area contributed by atoms with Crippen molar-refractivity contribution in [2.75, 3.05) is 11.9 Å². The van der Waals surface area contributed by atoms with Gasteiger partial charge in [-0.25, -0.2) is 19.9 Å². The second kappa shape index (κ2) is 15.2. The fourth-order valence-corrected chi connectivity index (χ4v) is 7.82. The normalized spacial score (nSPS) is 20.1. The Balaban J connectivity index is 1.00. The molecule has 5 aromatic rings. The highest BCUT2D eigenvalue weighted by Gasteiger charge is 2.39. The molecule has 270 valence electrons. The van der Waals surface area contributed by atoms with E-state index >= 15 is 0 Å². The molecular formula is C42H50N8O2. The van der Waals surface area contributed by atoms with Crippen LogP contribution < -0.4 is 5.32 Å². The lowest BCUT2D eigenvalue weighted by molar-refractivity contribution is -0.134. The zero-order chi connectivity index (χ0) is 36.4. The average Bonchev–Trinajstić information content (AvgIpc) is 4.00. The number of Topliss-reactive ketones (excluding diaryl/α,β-unsaturated/α-hetero) is 1. The third-order valence-electron chi connectivity index (χ3n) is 11.2. The molecule has 2 fully saturated rings. The molecule has 1 aliphatic heterocycles. The number of hydrogen-bond donors (Lipinski definition) is 3. The molecule has 0 spiro atoms. The molecular weight excluding hydrogens is 649 g/mol. The van der Waals surface area contributed by atoms with E-state index in [4.69, 9.17) is 9.97 Å². The van der Waals surface area contributed by atoms with Crippen molar-refractivity contribution in [2.24, 2.45) is 23.7 Å².